The third-order valence-electron chi connectivity index (χ3n) is 2.29. The molecule has 0 spiro atoms. The minimum absolute atomic E-state index is 0.107. The molecule has 0 unspecified atom stereocenters. The molecule has 6 nitrogen and oxygen atoms in total. The summed E-state index contributed by atoms with van der Waals surface area (Å²) in [5.41, 5.74) is 0. The Kier molecular flexibility index (Phi) is 2.20. The second kappa shape index (κ2) is 3.51. The predicted molar refractivity (Wildman–Crippen MR) is 43.4 cm³/mol. The van der Waals surface area contributed by atoms with Gasteiger partial charge in [-0.3, -0.25) is 4.79 Å². The Labute approximate surface area is 75.1 Å². The van der Waals surface area contributed by atoms with Gasteiger partial charge in [-0.05, 0) is 12.8 Å². The van der Waals surface area contributed by atoms with E-state index in [2.05, 4.69) is 25.9 Å². The monoisotopic (exact) mass is 181 g/mol. The third kappa shape index (κ3) is 1.82. The second-order valence-corrected chi connectivity index (χ2v) is 3.17. The molecule has 1 aromatic heterocycles. The lowest BCUT2D eigenvalue weighted by Crippen LogP contribution is -2.34. The van der Waals surface area contributed by atoms with Crippen molar-refractivity contribution in [2.24, 2.45) is 5.92 Å². The number of nitrogens with zero attached hydrogens (tertiary/aromatic N) is 3. The van der Waals surface area contributed by atoms with Crippen LogP contribution in [0.25, 0.3) is 0 Å². The molecule has 0 bridgehead atoms. The summed E-state index contributed by atoms with van der Waals surface area (Å²) in [6.07, 6.45) is 3.19. The maximum Gasteiger partial charge on any atom is 0.223 e. The van der Waals surface area contributed by atoms with Crippen LogP contribution in [0.5, 0.6) is 0 Å². The number of amides is 1. The van der Waals surface area contributed by atoms with Crippen molar-refractivity contribution in [2.75, 3.05) is 0 Å². The molecule has 1 heterocycles. The average Bonchev–Trinajstić information content (AvgIpc) is 2.49. The number of hydrogen-bond acceptors (Lipinski definition) is 4. The van der Waals surface area contributed by atoms with Crippen LogP contribution in [0, 0.1) is 5.92 Å². The molecule has 1 aliphatic rings. The van der Waals surface area contributed by atoms with Crippen LogP contribution in [0.1, 0.15) is 25.1 Å². The Hall–Kier alpha value is -1.46. The molecule has 0 atom stereocenters. The van der Waals surface area contributed by atoms with Gasteiger partial charge in [0, 0.05) is 5.92 Å². The Morgan fingerprint density at radius 3 is 3.00 bits per heavy atom. The SMILES string of the molecule is O=C(NCc1nn[nH]n1)C1CCC1. The molecule has 2 N–H and O–H groups in total. The molecule has 0 aliphatic heterocycles. The molecule has 2 rings (SSSR count). The lowest BCUT2D eigenvalue weighted by molar-refractivity contribution is -0.127. The molecule has 70 valence electrons. The highest BCUT2D eigenvalue weighted by Crippen LogP contribution is 2.26. The van der Waals surface area contributed by atoms with E-state index in [-0.39, 0.29) is 11.8 Å². The van der Waals surface area contributed by atoms with E-state index in [9.17, 15) is 4.79 Å². The summed E-state index contributed by atoms with van der Waals surface area (Å²) in [6.45, 7) is 0.367. The van der Waals surface area contributed by atoms with Gasteiger partial charge in [-0.15, -0.1) is 10.2 Å². The van der Waals surface area contributed by atoms with Crippen molar-refractivity contribution in [3.05, 3.63) is 5.82 Å². The van der Waals surface area contributed by atoms with E-state index in [1.54, 1.807) is 0 Å². The number of aromatic nitrogens is 4. The van der Waals surface area contributed by atoms with E-state index < -0.39 is 0 Å². The summed E-state index contributed by atoms with van der Waals surface area (Å²) in [7, 11) is 0. The zero-order chi connectivity index (χ0) is 9.10. The van der Waals surface area contributed by atoms with E-state index in [0.29, 0.717) is 12.4 Å². The van der Waals surface area contributed by atoms with Crippen molar-refractivity contribution >= 4 is 5.91 Å². The molecule has 1 fully saturated rings. The fourth-order valence-corrected chi connectivity index (χ4v) is 1.24. The van der Waals surface area contributed by atoms with Gasteiger partial charge in [0.2, 0.25) is 5.91 Å². The summed E-state index contributed by atoms with van der Waals surface area (Å²) in [4.78, 5) is 11.3. The van der Waals surface area contributed by atoms with Gasteiger partial charge < -0.3 is 5.32 Å². The quantitative estimate of drug-likeness (QED) is 0.665. The summed E-state index contributed by atoms with van der Waals surface area (Å²) < 4.78 is 0. The van der Waals surface area contributed by atoms with Crippen LogP contribution in [-0.2, 0) is 11.3 Å². The first-order chi connectivity index (χ1) is 6.36. The van der Waals surface area contributed by atoms with E-state index >= 15 is 0 Å². The Morgan fingerprint density at radius 1 is 1.62 bits per heavy atom. The lowest BCUT2D eigenvalue weighted by atomic mass is 9.85. The summed E-state index contributed by atoms with van der Waals surface area (Å²) in [5.74, 6) is 0.843. The number of hydrogen-bond donors (Lipinski definition) is 2. The molecule has 1 aromatic rings. The molecular formula is C7H11N5O. The number of H-pyrrole nitrogens is 1. The highest BCUT2D eigenvalue weighted by Gasteiger charge is 2.24. The van der Waals surface area contributed by atoms with Gasteiger partial charge in [0.15, 0.2) is 5.82 Å². The standard InChI is InChI=1S/C7H11N5O/c13-7(5-2-1-3-5)8-4-6-9-11-12-10-6/h5H,1-4H2,(H,8,13)(H,9,10,11,12). The van der Waals surface area contributed by atoms with Crippen LogP contribution in [0.2, 0.25) is 0 Å². The van der Waals surface area contributed by atoms with Crippen molar-refractivity contribution in [3.63, 3.8) is 0 Å². The van der Waals surface area contributed by atoms with Crippen molar-refractivity contribution in [2.45, 2.75) is 25.8 Å². The number of carbonyl (C=O) groups excluding carboxylic acids is 1. The molecule has 1 amide bonds. The Balaban J connectivity index is 1.76. The van der Waals surface area contributed by atoms with Gasteiger partial charge in [-0.25, -0.2) is 0 Å². The fraction of sp³-hybridized carbons (Fsp3) is 0.714. The minimum atomic E-state index is 0.107. The lowest BCUT2D eigenvalue weighted by Gasteiger charge is -2.23. The van der Waals surface area contributed by atoms with Crippen LogP contribution in [0.3, 0.4) is 0 Å². The van der Waals surface area contributed by atoms with Crippen LogP contribution in [-0.4, -0.2) is 26.5 Å². The normalized spacial score (nSPS) is 16.6. The van der Waals surface area contributed by atoms with Gasteiger partial charge in [0.1, 0.15) is 0 Å². The maximum absolute atomic E-state index is 11.3. The van der Waals surface area contributed by atoms with Gasteiger partial charge in [0.25, 0.3) is 0 Å². The smallest absolute Gasteiger partial charge is 0.223 e. The van der Waals surface area contributed by atoms with Crippen LogP contribution >= 0.6 is 0 Å². The molecule has 0 saturated heterocycles. The van der Waals surface area contributed by atoms with Crippen LogP contribution in [0.15, 0.2) is 0 Å². The van der Waals surface area contributed by atoms with E-state index in [0.717, 1.165) is 12.8 Å². The fourth-order valence-electron chi connectivity index (χ4n) is 1.24. The Bertz CT molecular complexity index is 279. The Morgan fingerprint density at radius 2 is 2.46 bits per heavy atom. The highest BCUT2D eigenvalue weighted by molar-refractivity contribution is 5.79. The average molecular weight is 181 g/mol. The number of nitrogens with one attached hydrogen (secondary N) is 2. The zero-order valence-corrected chi connectivity index (χ0v) is 7.16. The maximum atomic E-state index is 11.3. The van der Waals surface area contributed by atoms with Gasteiger partial charge in [0.05, 0.1) is 6.54 Å². The van der Waals surface area contributed by atoms with Gasteiger partial charge >= 0.3 is 0 Å². The van der Waals surface area contributed by atoms with Crippen molar-refractivity contribution < 1.29 is 4.79 Å². The van der Waals surface area contributed by atoms with E-state index in [1.807, 2.05) is 0 Å². The second-order valence-electron chi connectivity index (χ2n) is 3.17. The van der Waals surface area contributed by atoms with Crippen molar-refractivity contribution in [1.29, 1.82) is 0 Å². The third-order valence-corrected chi connectivity index (χ3v) is 2.29. The molecule has 0 aromatic carbocycles. The molecule has 1 saturated carbocycles. The molecular weight excluding hydrogens is 170 g/mol. The number of rotatable bonds is 3. The van der Waals surface area contributed by atoms with Crippen molar-refractivity contribution in [1.82, 2.24) is 25.9 Å². The first kappa shape index (κ1) is 8.15. The van der Waals surface area contributed by atoms with E-state index in [1.165, 1.54) is 6.42 Å². The summed E-state index contributed by atoms with van der Waals surface area (Å²) in [5, 5.41) is 15.9. The topological polar surface area (TPSA) is 83.6 Å². The van der Waals surface area contributed by atoms with Crippen LogP contribution < -0.4 is 5.32 Å². The molecule has 13 heavy (non-hydrogen) atoms. The van der Waals surface area contributed by atoms with E-state index in [4.69, 9.17) is 0 Å². The number of aromatic amines is 1. The minimum Gasteiger partial charge on any atom is -0.348 e. The van der Waals surface area contributed by atoms with Gasteiger partial charge in [-0.2, -0.15) is 5.21 Å². The number of carbonyl (C=O) groups is 1. The largest absolute Gasteiger partial charge is 0.348 e. The zero-order valence-electron chi connectivity index (χ0n) is 7.16. The van der Waals surface area contributed by atoms with Crippen molar-refractivity contribution in [3.8, 4) is 0 Å². The predicted octanol–water partition coefficient (Wildman–Crippen LogP) is -0.384. The molecule has 0 radical (unpaired) electrons. The first-order valence-corrected chi connectivity index (χ1v) is 4.36. The molecule has 6 heteroatoms. The molecule has 1 aliphatic carbocycles. The highest BCUT2D eigenvalue weighted by atomic mass is 16.1. The summed E-state index contributed by atoms with van der Waals surface area (Å²) in [6, 6.07) is 0. The van der Waals surface area contributed by atoms with Crippen LogP contribution in [0.4, 0.5) is 0 Å². The van der Waals surface area contributed by atoms with Gasteiger partial charge in [-0.1, -0.05) is 11.6 Å². The first-order valence-electron chi connectivity index (χ1n) is 4.36. The summed E-state index contributed by atoms with van der Waals surface area (Å²) >= 11 is 0. The number of tetrazole rings is 1.